The number of benzene rings is 1. The third kappa shape index (κ3) is 2.43. The minimum atomic E-state index is -0.130. The fourth-order valence-electron chi connectivity index (χ4n) is 3.56. The van der Waals surface area contributed by atoms with Crippen LogP contribution in [0.15, 0.2) is 24.3 Å². The number of halogens is 1. The molecule has 0 aromatic heterocycles. The number of hydrogen-bond donors (Lipinski definition) is 1. The highest BCUT2D eigenvalue weighted by atomic mass is 19.1. The first-order valence-electron chi connectivity index (χ1n) is 7.76. The van der Waals surface area contributed by atoms with Gasteiger partial charge in [-0.15, -0.1) is 0 Å². The molecule has 1 atom stereocenters. The molecule has 3 saturated carbocycles. The summed E-state index contributed by atoms with van der Waals surface area (Å²) in [7, 11) is 0. The molecule has 0 spiro atoms. The lowest BCUT2D eigenvalue weighted by atomic mass is 9.97. The molecule has 0 amide bonds. The third-order valence-corrected chi connectivity index (χ3v) is 5.33. The van der Waals surface area contributed by atoms with E-state index in [0.717, 1.165) is 11.8 Å². The van der Waals surface area contributed by atoms with E-state index < -0.39 is 0 Å². The summed E-state index contributed by atoms with van der Waals surface area (Å²) in [6, 6.07) is 7.57. The van der Waals surface area contributed by atoms with E-state index in [1.807, 2.05) is 12.1 Å². The molecule has 0 radical (unpaired) electrons. The van der Waals surface area contributed by atoms with Crippen molar-refractivity contribution in [2.45, 2.75) is 44.6 Å². The molecule has 0 saturated heterocycles. The van der Waals surface area contributed by atoms with Crippen LogP contribution >= 0.6 is 0 Å². The van der Waals surface area contributed by atoms with Crippen molar-refractivity contribution < 1.29 is 4.39 Å². The minimum absolute atomic E-state index is 0.130. The van der Waals surface area contributed by atoms with E-state index in [-0.39, 0.29) is 5.82 Å². The summed E-state index contributed by atoms with van der Waals surface area (Å²) >= 11 is 0. The highest BCUT2D eigenvalue weighted by molar-refractivity contribution is 5.22. The first-order valence-corrected chi connectivity index (χ1v) is 7.76. The molecule has 3 aliphatic carbocycles. The molecule has 0 aliphatic heterocycles. The Kier molecular flexibility index (Phi) is 2.70. The van der Waals surface area contributed by atoms with Gasteiger partial charge in [-0.05, 0) is 73.5 Å². The van der Waals surface area contributed by atoms with Crippen molar-refractivity contribution in [3.63, 3.8) is 0 Å². The van der Waals surface area contributed by atoms with Gasteiger partial charge in [0.1, 0.15) is 5.82 Å². The zero-order valence-electron chi connectivity index (χ0n) is 11.4. The average molecular weight is 259 g/mol. The van der Waals surface area contributed by atoms with Crippen molar-refractivity contribution in [3.05, 3.63) is 35.6 Å². The minimum Gasteiger partial charge on any atom is -0.309 e. The Bertz CT molecular complexity index is 455. The molecule has 19 heavy (non-hydrogen) atoms. The fourth-order valence-corrected chi connectivity index (χ4v) is 3.56. The molecule has 0 bridgehead atoms. The summed E-state index contributed by atoms with van der Waals surface area (Å²) in [6.45, 7) is 1.18. The van der Waals surface area contributed by atoms with Crippen LogP contribution in [0.1, 0.15) is 50.1 Å². The van der Waals surface area contributed by atoms with Gasteiger partial charge in [-0.25, -0.2) is 4.39 Å². The quantitative estimate of drug-likeness (QED) is 0.812. The van der Waals surface area contributed by atoms with Crippen molar-refractivity contribution in [2.24, 2.45) is 17.3 Å². The Labute approximate surface area is 114 Å². The van der Waals surface area contributed by atoms with Crippen LogP contribution in [0.3, 0.4) is 0 Å². The van der Waals surface area contributed by atoms with Crippen LogP contribution in [0, 0.1) is 23.1 Å². The van der Waals surface area contributed by atoms with Crippen LogP contribution in [0.2, 0.25) is 0 Å². The van der Waals surface area contributed by atoms with Gasteiger partial charge in [0.15, 0.2) is 0 Å². The van der Waals surface area contributed by atoms with Crippen molar-refractivity contribution in [2.75, 3.05) is 6.54 Å². The summed E-state index contributed by atoms with van der Waals surface area (Å²) < 4.78 is 13.0. The molecule has 102 valence electrons. The van der Waals surface area contributed by atoms with Crippen LogP contribution in [-0.4, -0.2) is 6.54 Å². The van der Waals surface area contributed by atoms with Gasteiger partial charge < -0.3 is 5.32 Å². The van der Waals surface area contributed by atoms with Crippen LogP contribution in [0.5, 0.6) is 0 Å². The monoisotopic (exact) mass is 259 g/mol. The summed E-state index contributed by atoms with van der Waals surface area (Å²) in [5.74, 6) is 1.66. The standard InChI is InChI=1S/C17H22FN/c18-15-7-3-13(4-8-15)16(12-1-2-12)19-11-17(9-10-17)14-5-6-14/h3-4,7-8,12,14,16,19H,1-2,5-6,9-11H2. The molecule has 1 unspecified atom stereocenters. The van der Waals surface area contributed by atoms with E-state index in [1.54, 1.807) is 12.1 Å². The van der Waals surface area contributed by atoms with E-state index in [0.29, 0.717) is 11.5 Å². The molecule has 1 nitrogen and oxygen atoms in total. The van der Waals surface area contributed by atoms with Crippen LogP contribution in [0.4, 0.5) is 4.39 Å². The second kappa shape index (κ2) is 4.31. The molecular weight excluding hydrogens is 237 g/mol. The lowest BCUT2D eigenvalue weighted by Crippen LogP contribution is -2.30. The highest BCUT2D eigenvalue weighted by Crippen LogP contribution is 2.61. The van der Waals surface area contributed by atoms with Crippen molar-refractivity contribution >= 4 is 0 Å². The topological polar surface area (TPSA) is 12.0 Å². The van der Waals surface area contributed by atoms with Gasteiger partial charge in [-0.3, -0.25) is 0 Å². The van der Waals surface area contributed by atoms with E-state index in [4.69, 9.17) is 0 Å². The molecule has 1 aromatic carbocycles. The van der Waals surface area contributed by atoms with Gasteiger partial charge in [0, 0.05) is 12.6 Å². The molecule has 4 rings (SSSR count). The van der Waals surface area contributed by atoms with E-state index >= 15 is 0 Å². The molecule has 1 N–H and O–H groups in total. The van der Waals surface area contributed by atoms with Gasteiger partial charge in [-0.1, -0.05) is 12.1 Å². The van der Waals surface area contributed by atoms with Gasteiger partial charge in [0.05, 0.1) is 0 Å². The van der Waals surface area contributed by atoms with Crippen molar-refractivity contribution in [1.29, 1.82) is 0 Å². The third-order valence-electron chi connectivity index (χ3n) is 5.33. The number of hydrogen-bond acceptors (Lipinski definition) is 1. The average Bonchev–Trinajstić information content (AvgIpc) is 3.28. The lowest BCUT2D eigenvalue weighted by molar-refractivity contribution is 0.358. The largest absolute Gasteiger partial charge is 0.309 e. The first-order chi connectivity index (χ1) is 9.27. The maximum absolute atomic E-state index is 13.0. The Morgan fingerprint density at radius 3 is 2.32 bits per heavy atom. The number of rotatable bonds is 6. The van der Waals surface area contributed by atoms with Gasteiger partial charge in [-0.2, -0.15) is 0 Å². The molecule has 0 heterocycles. The Hall–Kier alpha value is -0.890. The fraction of sp³-hybridized carbons (Fsp3) is 0.647. The molecule has 3 fully saturated rings. The Morgan fingerprint density at radius 2 is 1.79 bits per heavy atom. The van der Waals surface area contributed by atoms with Crippen molar-refractivity contribution in [1.82, 2.24) is 5.32 Å². The predicted octanol–water partition coefficient (Wildman–Crippen LogP) is 4.06. The lowest BCUT2D eigenvalue weighted by Gasteiger charge is -2.23. The maximum Gasteiger partial charge on any atom is 0.123 e. The van der Waals surface area contributed by atoms with E-state index in [2.05, 4.69) is 5.32 Å². The van der Waals surface area contributed by atoms with E-state index in [1.165, 1.54) is 50.6 Å². The summed E-state index contributed by atoms with van der Waals surface area (Å²) in [5.41, 5.74) is 1.92. The Balaban J connectivity index is 1.44. The molecule has 3 aliphatic rings. The van der Waals surface area contributed by atoms with Gasteiger partial charge in [0.25, 0.3) is 0 Å². The normalized spacial score (nSPS) is 26.2. The highest BCUT2D eigenvalue weighted by Gasteiger charge is 2.53. The van der Waals surface area contributed by atoms with E-state index in [9.17, 15) is 4.39 Å². The van der Waals surface area contributed by atoms with Gasteiger partial charge >= 0.3 is 0 Å². The molecule has 2 heteroatoms. The van der Waals surface area contributed by atoms with Crippen molar-refractivity contribution in [3.8, 4) is 0 Å². The van der Waals surface area contributed by atoms with Crippen LogP contribution in [-0.2, 0) is 0 Å². The predicted molar refractivity (Wildman–Crippen MR) is 74.3 cm³/mol. The van der Waals surface area contributed by atoms with Crippen LogP contribution < -0.4 is 5.32 Å². The smallest absolute Gasteiger partial charge is 0.123 e. The Morgan fingerprint density at radius 1 is 1.11 bits per heavy atom. The number of nitrogens with one attached hydrogen (secondary N) is 1. The summed E-state index contributed by atoms with van der Waals surface area (Å²) in [4.78, 5) is 0. The summed E-state index contributed by atoms with van der Waals surface area (Å²) in [6.07, 6.45) is 8.40. The first kappa shape index (κ1) is 11.9. The zero-order valence-corrected chi connectivity index (χ0v) is 11.4. The summed E-state index contributed by atoms with van der Waals surface area (Å²) in [5, 5.41) is 3.82. The second-order valence-electron chi connectivity index (χ2n) is 6.88. The second-order valence-corrected chi connectivity index (χ2v) is 6.88. The SMILES string of the molecule is Fc1ccc(C(NCC2(C3CC3)CC2)C2CC2)cc1. The molecular formula is C17H22FN. The molecule has 1 aromatic rings. The zero-order chi connectivity index (χ0) is 12.9. The van der Waals surface area contributed by atoms with Gasteiger partial charge in [0.2, 0.25) is 0 Å². The van der Waals surface area contributed by atoms with Crippen LogP contribution in [0.25, 0.3) is 0 Å². The maximum atomic E-state index is 13.0.